The predicted molar refractivity (Wildman–Crippen MR) is 166 cm³/mol. The van der Waals surface area contributed by atoms with Crippen molar-refractivity contribution in [3.63, 3.8) is 0 Å². The van der Waals surface area contributed by atoms with Crippen molar-refractivity contribution >= 4 is 103 Å². The monoisotopic (exact) mass is 545 g/mol. The van der Waals surface area contributed by atoms with Gasteiger partial charge in [0.25, 0.3) is 0 Å². The number of nitrogens with zero attached hydrogens (tertiary/aromatic N) is 1. The fourth-order valence-corrected chi connectivity index (χ4v) is 8.27. The standard InChI is InChI=1S/C33H20ClNOS2/c1-19-5-4-6-21(15-19)35(22-11-13-29-26(17-22)24-7-2-3-8-28(24)36-29)23-10-12-25-31(18-23)38-33-32(25)27-16-20(34)9-14-30(27)37-33/h2-18H,1H3. The third-order valence-corrected chi connectivity index (χ3v) is 9.84. The highest BCUT2D eigenvalue weighted by Gasteiger charge is 2.18. The molecule has 3 heterocycles. The minimum absolute atomic E-state index is 0.779. The van der Waals surface area contributed by atoms with Crippen molar-refractivity contribution in [2.45, 2.75) is 6.92 Å². The molecular weight excluding hydrogens is 526 g/mol. The number of thiophene rings is 2. The summed E-state index contributed by atoms with van der Waals surface area (Å²) < 4.78 is 10.0. The van der Waals surface area contributed by atoms with Gasteiger partial charge in [-0.25, -0.2) is 0 Å². The van der Waals surface area contributed by atoms with Crippen molar-refractivity contribution < 1.29 is 4.42 Å². The predicted octanol–water partition coefficient (Wildman–Crippen LogP) is 11.6. The molecule has 0 saturated carbocycles. The molecule has 0 radical (unpaired) electrons. The Morgan fingerprint density at radius 1 is 0.605 bits per heavy atom. The van der Waals surface area contributed by atoms with Crippen molar-refractivity contribution in [1.82, 2.24) is 0 Å². The summed E-state index contributed by atoms with van der Waals surface area (Å²) in [4.78, 5) is 2.34. The van der Waals surface area contributed by atoms with Gasteiger partial charge in [0.2, 0.25) is 0 Å². The zero-order valence-electron chi connectivity index (χ0n) is 20.4. The van der Waals surface area contributed by atoms with Gasteiger partial charge in [-0.15, -0.1) is 22.7 Å². The first kappa shape index (κ1) is 22.2. The number of rotatable bonds is 3. The van der Waals surface area contributed by atoms with E-state index < -0.39 is 0 Å². The van der Waals surface area contributed by atoms with Crippen LogP contribution >= 0.6 is 34.3 Å². The van der Waals surface area contributed by atoms with E-state index in [0.29, 0.717) is 0 Å². The second-order valence-corrected chi connectivity index (χ2v) is 12.4. The van der Waals surface area contributed by atoms with Gasteiger partial charge in [-0.05, 0) is 79.2 Å². The Kier molecular flexibility index (Phi) is 4.87. The van der Waals surface area contributed by atoms with Gasteiger partial charge in [0.15, 0.2) is 0 Å². The molecule has 0 aliphatic heterocycles. The summed E-state index contributed by atoms with van der Waals surface area (Å²) in [5.74, 6) is 0. The van der Waals surface area contributed by atoms with Crippen LogP contribution < -0.4 is 4.90 Å². The molecule has 0 bridgehead atoms. The summed E-state index contributed by atoms with van der Waals surface area (Å²) in [6.07, 6.45) is 0. The van der Waals surface area contributed by atoms with E-state index in [0.717, 1.165) is 44.0 Å². The Labute approximate surface area is 231 Å². The Bertz CT molecular complexity index is 2180. The van der Waals surface area contributed by atoms with Crippen LogP contribution in [-0.2, 0) is 0 Å². The molecule has 0 N–H and O–H groups in total. The number of anilines is 3. The Morgan fingerprint density at radius 3 is 2.32 bits per heavy atom. The van der Waals surface area contributed by atoms with Crippen molar-refractivity contribution in [1.29, 1.82) is 0 Å². The van der Waals surface area contributed by atoms with Crippen molar-refractivity contribution in [3.8, 4) is 0 Å². The number of fused-ring (bicyclic) bond motifs is 8. The molecule has 182 valence electrons. The van der Waals surface area contributed by atoms with Gasteiger partial charge in [0.1, 0.15) is 11.2 Å². The van der Waals surface area contributed by atoms with Gasteiger partial charge in [-0.2, -0.15) is 0 Å². The molecule has 0 aliphatic rings. The van der Waals surface area contributed by atoms with E-state index in [2.05, 4.69) is 96.8 Å². The lowest BCUT2D eigenvalue weighted by molar-refractivity contribution is 0.669. The molecule has 0 atom stereocenters. The maximum atomic E-state index is 6.37. The quantitative estimate of drug-likeness (QED) is 0.219. The van der Waals surface area contributed by atoms with Gasteiger partial charge in [-0.1, -0.05) is 48.0 Å². The average molecular weight is 546 g/mol. The van der Waals surface area contributed by atoms with Crippen molar-refractivity contribution in [2.24, 2.45) is 0 Å². The smallest absolute Gasteiger partial charge is 0.135 e. The van der Waals surface area contributed by atoms with Gasteiger partial charge in [0, 0.05) is 58.4 Å². The van der Waals surface area contributed by atoms with E-state index in [9.17, 15) is 0 Å². The Hall–Kier alpha value is -3.83. The van der Waals surface area contributed by atoms with Crippen LogP contribution in [0.3, 0.4) is 0 Å². The highest BCUT2D eigenvalue weighted by Crippen LogP contribution is 2.47. The third-order valence-electron chi connectivity index (χ3n) is 7.19. The van der Waals surface area contributed by atoms with Crippen LogP contribution in [0.4, 0.5) is 17.1 Å². The highest BCUT2D eigenvalue weighted by atomic mass is 35.5. The first-order chi connectivity index (χ1) is 18.6. The number of hydrogen-bond acceptors (Lipinski definition) is 4. The molecule has 0 saturated heterocycles. The van der Waals surface area contributed by atoms with Gasteiger partial charge >= 0.3 is 0 Å². The maximum Gasteiger partial charge on any atom is 0.135 e. The van der Waals surface area contributed by atoms with Crippen LogP contribution in [0.5, 0.6) is 0 Å². The van der Waals surface area contributed by atoms with Gasteiger partial charge in [0.05, 0.1) is 4.01 Å². The normalized spacial score (nSPS) is 11.9. The molecule has 0 fully saturated rings. The summed E-state index contributed by atoms with van der Waals surface area (Å²) in [7, 11) is 0. The van der Waals surface area contributed by atoms with E-state index in [1.807, 2.05) is 40.9 Å². The minimum Gasteiger partial charge on any atom is -0.456 e. The Balaban J connectivity index is 1.36. The molecule has 8 aromatic rings. The third kappa shape index (κ3) is 3.38. The summed E-state index contributed by atoms with van der Waals surface area (Å²) in [6.45, 7) is 2.14. The summed E-state index contributed by atoms with van der Waals surface area (Å²) in [5, 5.41) is 6.87. The molecule has 2 nitrogen and oxygen atoms in total. The van der Waals surface area contributed by atoms with Gasteiger partial charge < -0.3 is 9.32 Å². The first-order valence-electron chi connectivity index (χ1n) is 12.4. The van der Waals surface area contributed by atoms with Crippen LogP contribution in [0.2, 0.25) is 5.02 Å². The Morgan fingerprint density at radius 2 is 1.39 bits per heavy atom. The van der Waals surface area contributed by atoms with E-state index in [-0.39, 0.29) is 0 Å². The molecule has 0 unspecified atom stereocenters. The fraction of sp³-hybridized carbons (Fsp3) is 0.0303. The van der Waals surface area contributed by atoms with Crippen LogP contribution in [0.25, 0.3) is 51.5 Å². The number of hydrogen-bond donors (Lipinski definition) is 0. The zero-order valence-corrected chi connectivity index (χ0v) is 22.8. The van der Waals surface area contributed by atoms with E-state index in [1.54, 1.807) is 0 Å². The van der Waals surface area contributed by atoms with E-state index in [1.165, 1.54) is 35.1 Å². The molecule has 3 aromatic heterocycles. The van der Waals surface area contributed by atoms with Crippen LogP contribution in [0, 0.1) is 6.92 Å². The largest absolute Gasteiger partial charge is 0.456 e. The van der Waals surface area contributed by atoms with E-state index in [4.69, 9.17) is 16.0 Å². The molecule has 0 aliphatic carbocycles. The molecule has 5 heteroatoms. The number of para-hydroxylation sites is 1. The topological polar surface area (TPSA) is 16.4 Å². The minimum atomic E-state index is 0.779. The van der Waals surface area contributed by atoms with Crippen LogP contribution in [-0.4, -0.2) is 0 Å². The van der Waals surface area contributed by atoms with Crippen LogP contribution in [0.1, 0.15) is 5.56 Å². The number of benzene rings is 5. The fourth-order valence-electron chi connectivity index (χ4n) is 5.48. The first-order valence-corrected chi connectivity index (χ1v) is 14.5. The average Bonchev–Trinajstić information content (AvgIpc) is 3.58. The van der Waals surface area contributed by atoms with E-state index >= 15 is 0 Å². The van der Waals surface area contributed by atoms with Gasteiger partial charge in [-0.3, -0.25) is 0 Å². The molecule has 5 aromatic carbocycles. The van der Waals surface area contributed by atoms with Crippen LogP contribution in [0.15, 0.2) is 108 Å². The van der Waals surface area contributed by atoms with Crippen molar-refractivity contribution in [2.75, 3.05) is 4.90 Å². The summed E-state index contributed by atoms with van der Waals surface area (Å²) in [5.41, 5.74) is 6.40. The van der Waals surface area contributed by atoms with Crippen molar-refractivity contribution in [3.05, 3.63) is 114 Å². The zero-order chi connectivity index (χ0) is 25.4. The molecular formula is C33H20ClNOS2. The lowest BCUT2D eigenvalue weighted by Crippen LogP contribution is -2.09. The second kappa shape index (κ2) is 8.34. The molecule has 8 rings (SSSR count). The highest BCUT2D eigenvalue weighted by molar-refractivity contribution is 7.44. The molecule has 38 heavy (non-hydrogen) atoms. The second-order valence-electron chi connectivity index (χ2n) is 9.64. The number of furan rings is 1. The lowest BCUT2D eigenvalue weighted by atomic mass is 10.1. The molecule has 0 amide bonds. The number of aryl methyl sites for hydroxylation is 1. The SMILES string of the molecule is Cc1cccc(N(c2ccc3c(c2)sc2sc4ccc(Cl)cc4c23)c2ccc3oc4ccccc4c3c2)c1. The summed E-state index contributed by atoms with van der Waals surface area (Å²) >= 11 is 10.1. The maximum absolute atomic E-state index is 6.37. The molecule has 0 spiro atoms. The number of halogens is 1. The summed E-state index contributed by atoms with van der Waals surface area (Å²) in [6, 6.07) is 36.4. The lowest BCUT2D eigenvalue weighted by Gasteiger charge is -2.26.